The second-order valence-electron chi connectivity index (χ2n) is 6.74. The second-order valence-corrected chi connectivity index (χ2v) is 7.79. The summed E-state index contributed by atoms with van der Waals surface area (Å²) in [6, 6.07) is 17.1. The number of nitrogens with two attached hydrogens (primary N) is 1. The number of rotatable bonds is 8. The Morgan fingerprint density at radius 3 is 2.76 bits per heavy atom. The van der Waals surface area contributed by atoms with Gasteiger partial charge in [0.2, 0.25) is 11.6 Å². The fourth-order valence-corrected chi connectivity index (χ4v) is 3.80. The number of aromatic nitrogens is 5. The number of hydrogen-bond acceptors (Lipinski definition) is 10. The fourth-order valence-electron chi connectivity index (χ4n) is 2.88. The molecule has 2 aromatic carbocycles. The van der Waals surface area contributed by atoms with E-state index >= 15 is 0 Å². The van der Waals surface area contributed by atoms with Crippen LogP contribution in [0.15, 0.2) is 69.2 Å². The predicted molar refractivity (Wildman–Crippen MR) is 122 cm³/mol. The number of nitrogens with zero attached hydrogens (tertiary/aromatic N) is 6. The maximum absolute atomic E-state index is 12.9. The molecule has 168 valence electrons. The molecule has 0 saturated heterocycles. The number of nitrogen functional groups attached to an aromatic ring is 1. The quantitative estimate of drug-likeness (QED) is 0.228. The van der Waals surface area contributed by atoms with Crippen molar-refractivity contribution in [1.29, 1.82) is 0 Å². The molecule has 0 aliphatic carbocycles. The van der Waals surface area contributed by atoms with Gasteiger partial charge in [-0.15, -0.1) is 16.9 Å². The molecule has 0 unspecified atom stereocenters. The molecule has 3 N–H and O–H groups in total. The van der Waals surface area contributed by atoms with Crippen LogP contribution in [0.3, 0.4) is 0 Å². The molecule has 2 heterocycles. The van der Waals surface area contributed by atoms with Gasteiger partial charge in [-0.05, 0) is 41.5 Å². The largest absolute Gasteiger partial charge is 0.497 e. The smallest absolute Gasteiger partial charge is 0.293 e. The van der Waals surface area contributed by atoms with Crippen molar-refractivity contribution in [3.63, 3.8) is 0 Å². The summed E-state index contributed by atoms with van der Waals surface area (Å²) in [7, 11) is 1.59. The van der Waals surface area contributed by atoms with Gasteiger partial charge in [-0.25, -0.2) is 10.1 Å². The average molecular weight is 465 g/mol. The van der Waals surface area contributed by atoms with Crippen LogP contribution in [0.2, 0.25) is 0 Å². The third-order valence-electron chi connectivity index (χ3n) is 4.61. The third-order valence-corrected chi connectivity index (χ3v) is 5.63. The van der Waals surface area contributed by atoms with Crippen LogP contribution in [0.25, 0.3) is 5.82 Å². The lowest BCUT2D eigenvalue weighted by atomic mass is 10.1. The SMILES string of the molecule is COc1cccc(/C(C)=N/NC(=O)c2nnn(-c3nonc3N)c2CSc2ccccc2)c1. The molecule has 11 nitrogen and oxygen atoms in total. The van der Waals surface area contributed by atoms with E-state index in [9.17, 15) is 4.79 Å². The first kappa shape index (κ1) is 22.0. The zero-order chi connectivity index (χ0) is 23.2. The molecule has 0 saturated carbocycles. The maximum atomic E-state index is 12.9. The molecule has 4 rings (SSSR count). The number of carbonyl (C=O) groups excluding carboxylic acids is 1. The van der Waals surface area contributed by atoms with Crippen molar-refractivity contribution in [2.75, 3.05) is 12.8 Å². The van der Waals surface area contributed by atoms with Gasteiger partial charge in [0.05, 0.1) is 18.5 Å². The number of hydrogen-bond donors (Lipinski definition) is 2. The summed E-state index contributed by atoms with van der Waals surface area (Å²) in [4.78, 5) is 14.0. The average Bonchev–Trinajstić information content (AvgIpc) is 3.47. The number of carbonyl (C=O) groups is 1. The molecular weight excluding hydrogens is 444 g/mol. The highest BCUT2D eigenvalue weighted by atomic mass is 32.2. The van der Waals surface area contributed by atoms with E-state index in [1.807, 2.05) is 54.6 Å². The molecule has 0 fully saturated rings. The van der Waals surface area contributed by atoms with Gasteiger partial charge < -0.3 is 10.5 Å². The molecule has 0 atom stereocenters. The number of anilines is 1. The third kappa shape index (κ3) is 5.01. The summed E-state index contributed by atoms with van der Waals surface area (Å²) in [6.45, 7) is 1.78. The van der Waals surface area contributed by atoms with Crippen LogP contribution in [0.5, 0.6) is 5.75 Å². The Morgan fingerprint density at radius 2 is 2.03 bits per heavy atom. The van der Waals surface area contributed by atoms with Crippen molar-refractivity contribution in [2.45, 2.75) is 17.6 Å². The first-order valence-electron chi connectivity index (χ1n) is 9.76. The van der Waals surface area contributed by atoms with E-state index in [0.29, 0.717) is 22.9 Å². The van der Waals surface area contributed by atoms with E-state index in [1.54, 1.807) is 14.0 Å². The minimum absolute atomic E-state index is 0.0321. The number of hydrazone groups is 1. The van der Waals surface area contributed by atoms with Crippen LogP contribution in [-0.4, -0.2) is 44.0 Å². The Labute approximate surface area is 193 Å². The van der Waals surface area contributed by atoms with Gasteiger partial charge >= 0.3 is 0 Å². The zero-order valence-electron chi connectivity index (χ0n) is 17.8. The molecule has 0 spiro atoms. The Hall–Kier alpha value is -4.19. The van der Waals surface area contributed by atoms with E-state index in [4.69, 9.17) is 10.5 Å². The molecular formula is C21H20N8O3S. The van der Waals surface area contributed by atoms with Gasteiger partial charge in [-0.3, -0.25) is 4.79 Å². The van der Waals surface area contributed by atoms with E-state index in [0.717, 1.165) is 10.5 Å². The number of amides is 1. The highest BCUT2D eigenvalue weighted by molar-refractivity contribution is 7.98. The summed E-state index contributed by atoms with van der Waals surface area (Å²) in [5.41, 5.74) is 10.3. The van der Waals surface area contributed by atoms with Gasteiger partial charge in [0.15, 0.2) is 5.69 Å². The number of thioether (sulfide) groups is 1. The molecule has 0 aliphatic rings. The molecule has 2 aromatic heterocycles. The van der Waals surface area contributed by atoms with E-state index < -0.39 is 5.91 Å². The van der Waals surface area contributed by atoms with Gasteiger partial charge in [0.25, 0.3) is 5.91 Å². The van der Waals surface area contributed by atoms with Crippen LogP contribution >= 0.6 is 11.8 Å². The lowest BCUT2D eigenvalue weighted by molar-refractivity contribution is 0.0949. The molecule has 1 amide bonds. The van der Waals surface area contributed by atoms with Gasteiger partial charge in [-0.2, -0.15) is 9.78 Å². The van der Waals surface area contributed by atoms with Crippen LogP contribution in [0, 0.1) is 0 Å². The number of ether oxygens (including phenoxy) is 1. The minimum Gasteiger partial charge on any atom is -0.497 e. The van der Waals surface area contributed by atoms with Gasteiger partial charge in [0, 0.05) is 16.2 Å². The minimum atomic E-state index is -0.526. The monoisotopic (exact) mass is 464 g/mol. The van der Waals surface area contributed by atoms with E-state index in [2.05, 4.69) is 35.8 Å². The van der Waals surface area contributed by atoms with Crippen molar-refractivity contribution in [3.05, 3.63) is 71.5 Å². The van der Waals surface area contributed by atoms with E-state index in [-0.39, 0.29) is 17.3 Å². The Kier molecular flexibility index (Phi) is 6.64. The number of benzene rings is 2. The topological polar surface area (TPSA) is 146 Å². The maximum Gasteiger partial charge on any atom is 0.293 e. The first-order valence-corrected chi connectivity index (χ1v) is 10.7. The number of nitrogens with one attached hydrogen (secondary N) is 1. The van der Waals surface area contributed by atoms with Crippen molar-refractivity contribution in [2.24, 2.45) is 5.10 Å². The predicted octanol–water partition coefficient (Wildman–Crippen LogP) is 2.69. The van der Waals surface area contributed by atoms with Crippen LogP contribution in [0.4, 0.5) is 5.82 Å². The van der Waals surface area contributed by atoms with Crippen molar-refractivity contribution in [3.8, 4) is 11.6 Å². The summed E-state index contributed by atoms with van der Waals surface area (Å²) < 4.78 is 11.3. The standard InChI is InChI=1S/C21H20N8O3S/c1-13(14-7-6-8-15(11-14)31-2)23-25-21(30)18-17(12-33-16-9-4-3-5-10-16)29(28-24-18)20-19(22)26-32-27-20/h3-11H,12H2,1-2H3,(H2,22,26)(H,25,30)/b23-13+. The van der Waals surface area contributed by atoms with Crippen molar-refractivity contribution >= 4 is 29.2 Å². The lowest BCUT2D eigenvalue weighted by Gasteiger charge is -2.07. The second kappa shape index (κ2) is 9.96. The highest BCUT2D eigenvalue weighted by Crippen LogP contribution is 2.25. The normalized spacial score (nSPS) is 11.4. The molecule has 0 bridgehead atoms. The summed E-state index contributed by atoms with van der Waals surface area (Å²) in [5, 5.41) is 19.6. The molecule has 12 heteroatoms. The molecule has 4 aromatic rings. The summed E-state index contributed by atoms with van der Waals surface area (Å²) in [5.74, 6) is 0.716. The Bertz CT molecular complexity index is 1290. The van der Waals surface area contributed by atoms with Crippen molar-refractivity contribution < 1.29 is 14.2 Å². The molecule has 0 aliphatic heterocycles. The lowest BCUT2D eigenvalue weighted by Crippen LogP contribution is -2.21. The number of methoxy groups -OCH3 is 1. The Morgan fingerprint density at radius 1 is 1.21 bits per heavy atom. The van der Waals surface area contributed by atoms with E-state index in [1.165, 1.54) is 16.4 Å². The highest BCUT2D eigenvalue weighted by Gasteiger charge is 2.24. The van der Waals surface area contributed by atoms with Crippen LogP contribution in [0.1, 0.15) is 28.7 Å². The first-order chi connectivity index (χ1) is 16.1. The van der Waals surface area contributed by atoms with Crippen LogP contribution in [-0.2, 0) is 5.75 Å². The molecule has 0 radical (unpaired) electrons. The van der Waals surface area contributed by atoms with Gasteiger partial charge in [-0.1, -0.05) is 35.5 Å². The summed E-state index contributed by atoms with van der Waals surface area (Å²) >= 11 is 1.50. The molecule has 33 heavy (non-hydrogen) atoms. The Balaban J connectivity index is 1.60. The summed E-state index contributed by atoms with van der Waals surface area (Å²) in [6.07, 6.45) is 0. The van der Waals surface area contributed by atoms with Crippen molar-refractivity contribution in [1.82, 2.24) is 30.7 Å². The fraction of sp³-hybridized carbons (Fsp3) is 0.143. The zero-order valence-corrected chi connectivity index (χ0v) is 18.6. The van der Waals surface area contributed by atoms with Gasteiger partial charge in [0.1, 0.15) is 5.75 Å². The van der Waals surface area contributed by atoms with Crippen LogP contribution < -0.4 is 15.9 Å².